The number of anilines is 2. The van der Waals surface area contributed by atoms with Crippen molar-refractivity contribution in [3.63, 3.8) is 0 Å². The summed E-state index contributed by atoms with van der Waals surface area (Å²) in [5.74, 6) is -0.0329. The molecule has 0 spiro atoms. The fourth-order valence-corrected chi connectivity index (χ4v) is 2.65. The Bertz CT molecular complexity index is 637. The van der Waals surface area contributed by atoms with E-state index in [1.807, 2.05) is 54.6 Å². The number of nitrogens with zero attached hydrogens (tertiary/aromatic N) is 1. The number of hydrogen-bond donors (Lipinski definition) is 2. The maximum Gasteiger partial charge on any atom is 0.251 e. The highest BCUT2D eigenvalue weighted by atomic mass is 16.5. The van der Waals surface area contributed by atoms with E-state index in [0.29, 0.717) is 12.1 Å². The van der Waals surface area contributed by atoms with Gasteiger partial charge < -0.3 is 15.4 Å². The van der Waals surface area contributed by atoms with E-state index >= 15 is 0 Å². The average Bonchev–Trinajstić information content (AvgIpc) is 2.64. The van der Waals surface area contributed by atoms with Crippen molar-refractivity contribution in [2.75, 3.05) is 44.7 Å². The van der Waals surface area contributed by atoms with Crippen LogP contribution in [0.2, 0.25) is 0 Å². The molecule has 0 radical (unpaired) electrons. The molecule has 0 unspecified atom stereocenters. The minimum atomic E-state index is -0.0329. The third-order valence-corrected chi connectivity index (χ3v) is 4.03. The molecule has 1 aliphatic heterocycles. The van der Waals surface area contributed by atoms with Crippen LogP contribution in [0.5, 0.6) is 0 Å². The molecule has 0 bridgehead atoms. The molecule has 3 rings (SSSR count). The average molecular weight is 325 g/mol. The van der Waals surface area contributed by atoms with Gasteiger partial charge in [-0.05, 0) is 36.4 Å². The van der Waals surface area contributed by atoms with E-state index in [0.717, 1.165) is 44.2 Å². The van der Waals surface area contributed by atoms with Gasteiger partial charge in [0.15, 0.2) is 0 Å². The number of benzene rings is 2. The Balaban J connectivity index is 1.46. The second-order valence-electron chi connectivity index (χ2n) is 5.78. The summed E-state index contributed by atoms with van der Waals surface area (Å²) in [6.07, 6.45) is 0. The highest BCUT2D eigenvalue weighted by Gasteiger charge is 2.10. The van der Waals surface area contributed by atoms with E-state index in [4.69, 9.17) is 4.74 Å². The highest BCUT2D eigenvalue weighted by molar-refractivity contribution is 5.94. The number of ether oxygens (including phenoxy) is 1. The highest BCUT2D eigenvalue weighted by Crippen LogP contribution is 2.16. The third kappa shape index (κ3) is 4.81. The predicted octanol–water partition coefficient (Wildman–Crippen LogP) is 2.49. The van der Waals surface area contributed by atoms with Crippen LogP contribution in [0.25, 0.3) is 0 Å². The Morgan fingerprint density at radius 1 is 0.958 bits per heavy atom. The summed E-state index contributed by atoms with van der Waals surface area (Å²) < 4.78 is 5.32. The molecule has 2 N–H and O–H groups in total. The molecule has 2 aromatic carbocycles. The summed E-state index contributed by atoms with van der Waals surface area (Å²) >= 11 is 0. The Morgan fingerprint density at radius 2 is 1.62 bits per heavy atom. The lowest BCUT2D eigenvalue weighted by molar-refractivity contribution is 0.0383. The fourth-order valence-electron chi connectivity index (χ4n) is 2.65. The number of nitrogens with one attached hydrogen (secondary N) is 2. The van der Waals surface area contributed by atoms with Gasteiger partial charge in [-0.2, -0.15) is 0 Å². The number of carbonyl (C=O) groups is 1. The number of rotatable bonds is 6. The van der Waals surface area contributed by atoms with Gasteiger partial charge >= 0.3 is 0 Å². The molecule has 0 aromatic heterocycles. The van der Waals surface area contributed by atoms with Gasteiger partial charge in [-0.15, -0.1) is 0 Å². The van der Waals surface area contributed by atoms with Crippen molar-refractivity contribution in [3.8, 4) is 0 Å². The van der Waals surface area contributed by atoms with Crippen LogP contribution in [-0.2, 0) is 4.74 Å². The molecule has 0 aliphatic carbocycles. The summed E-state index contributed by atoms with van der Waals surface area (Å²) in [6, 6.07) is 17.5. The first-order valence-electron chi connectivity index (χ1n) is 8.32. The minimum Gasteiger partial charge on any atom is -0.379 e. The van der Waals surface area contributed by atoms with E-state index in [-0.39, 0.29) is 5.91 Å². The molecule has 5 heteroatoms. The number of carbonyl (C=O) groups excluding carboxylic acids is 1. The van der Waals surface area contributed by atoms with Crippen LogP contribution in [-0.4, -0.2) is 50.2 Å². The zero-order chi connectivity index (χ0) is 16.6. The molecule has 1 heterocycles. The van der Waals surface area contributed by atoms with Gasteiger partial charge in [-0.25, -0.2) is 0 Å². The van der Waals surface area contributed by atoms with Crippen molar-refractivity contribution in [3.05, 3.63) is 60.2 Å². The number of amides is 1. The summed E-state index contributed by atoms with van der Waals surface area (Å²) in [7, 11) is 0. The van der Waals surface area contributed by atoms with Gasteiger partial charge in [0.05, 0.1) is 13.2 Å². The van der Waals surface area contributed by atoms with Crippen LogP contribution >= 0.6 is 0 Å². The third-order valence-electron chi connectivity index (χ3n) is 4.03. The van der Waals surface area contributed by atoms with Gasteiger partial charge in [-0.1, -0.05) is 18.2 Å². The van der Waals surface area contributed by atoms with Crippen molar-refractivity contribution in [1.29, 1.82) is 0 Å². The van der Waals surface area contributed by atoms with Crippen molar-refractivity contribution in [2.24, 2.45) is 0 Å². The quantitative estimate of drug-likeness (QED) is 0.857. The van der Waals surface area contributed by atoms with Gasteiger partial charge in [0, 0.05) is 43.1 Å². The van der Waals surface area contributed by atoms with Gasteiger partial charge in [0.2, 0.25) is 0 Å². The van der Waals surface area contributed by atoms with Crippen molar-refractivity contribution in [2.45, 2.75) is 0 Å². The molecule has 5 nitrogen and oxygen atoms in total. The number of para-hydroxylation sites is 1. The molecule has 1 amide bonds. The van der Waals surface area contributed by atoms with Gasteiger partial charge in [0.1, 0.15) is 0 Å². The smallest absolute Gasteiger partial charge is 0.251 e. The second-order valence-corrected chi connectivity index (χ2v) is 5.78. The fraction of sp³-hybridized carbons (Fsp3) is 0.316. The minimum absolute atomic E-state index is 0.0329. The van der Waals surface area contributed by atoms with E-state index < -0.39 is 0 Å². The molecular weight excluding hydrogens is 302 g/mol. The van der Waals surface area contributed by atoms with Gasteiger partial charge in [-0.3, -0.25) is 9.69 Å². The lowest BCUT2D eigenvalue weighted by Crippen LogP contribution is -2.41. The second kappa shape index (κ2) is 8.47. The molecule has 0 atom stereocenters. The maximum absolute atomic E-state index is 12.2. The summed E-state index contributed by atoms with van der Waals surface area (Å²) in [4.78, 5) is 14.5. The van der Waals surface area contributed by atoms with Crippen LogP contribution in [0, 0.1) is 0 Å². The molecular formula is C19H23N3O2. The maximum atomic E-state index is 12.2. The van der Waals surface area contributed by atoms with Crippen LogP contribution in [0.4, 0.5) is 11.4 Å². The van der Waals surface area contributed by atoms with E-state index in [2.05, 4.69) is 15.5 Å². The topological polar surface area (TPSA) is 53.6 Å². The summed E-state index contributed by atoms with van der Waals surface area (Å²) in [6.45, 7) is 4.96. The number of morpholine rings is 1. The predicted molar refractivity (Wildman–Crippen MR) is 95.8 cm³/mol. The Morgan fingerprint density at radius 3 is 2.33 bits per heavy atom. The molecule has 1 aliphatic rings. The largest absolute Gasteiger partial charge is 0.379 e. The Hall–Kier alpha value is -2.37. The Kier molecular flexibility index (Phi) is 5.82. The van der Waals surface area contributed by atoms with E-state index in [1.165, 1.54) is 0 Å². The van der Waals surface area contributed by atoms with E-state index in [1.54, 1.807) is 0 Å². The zero-order valence-corrected chi connectivity index (χ0v) is 13.7. The summed E-state index contributed by atoms with van der Waals surface area (Å²) in [5, 5.41) is 6.28. The normalized spacial score (nSPS) is 15.0. The standard InChI is InChI=1S/C19H23N3O2/c23-19(20-10-11-22-12-14-24-15-13-22)16-6-8-18(9-7-16)21-17-4-2-1-3-5-17/h1-9,21H,10-15H2,(H,20,23). The molecule has 24 heavy (non-hydrogen) atoms. The molecule has 126 valence electrons. The van der Waals surface area contributed by atoms with Crippen LogP contribution in [0.3, 0.4) is 0 Å². The number of hydrogen-bond acceptors (Lipinski definition) is 4. The van der Waals surface area contributed by atoms with Crippen LogP contribution in [0.15, 0.2) is 54.6 Å². The van der Waals surface area contributed by atoms with Crippen molar-refractivity contribution < 1.29 is 9.53 Å². The SMILES string of the molecule is O=C(NCCN1CCOCC1)c1ccc(Nc2ccccc2)cc1. The zero-order valence-electron chi connectivity index (χ0n) is 13.7. The Labute approximate surface area is 142 Å². The first-order valence-corrected chi connectivity index (χ1v) is 8.32. The molecule has 1 saturated heterocycles. The lowest BCUT2D eigenvalue weighted by Gasteiger charge is -2.26. The van der Waals surface area contributed by atoms with Crippen LogP contribution < -0.4 is 10.6 Å². The lowest BCUT2D eigenvalue weighted by atomic mass is 10.2. The summed E-state index contributed by atoms with van der Waals surface area (Å²) in [5.41, 5.74) is 2.67. The van der Waals surface area contributed by atoms with E-state index in [9.17, 15) is 4.79 Å². The first-order chi connectivity index (χ1) is 11.8. The first kappa shape index (κ1) is 16.5. The monoisotopic (exact) mass is 325 g/mol. The van der Waals surface area contributed by atoms with Crippen LogP contribution in [0.1, 0.15) is 10.4 Å². The molecule has 2 aromatic rings. The van der Waals surface area contributed by atoms with Crippen molar-refractivity contribution in [1.82, 2.24) is 10.2 Å². The molecule has 1 fully saturated rings. The van der Waals surface area contributed by atoms with Gasteiger partial charge in [0.25, 0.3) is 5.91 Å². The molecule has 0 saturated carbocycles. The van der Waals surface area contributed by atoms with Crippen molar-refractivity contribution >= 4 is 17.3 Å².